The fourth-order valence-corrected chi connectivity index (χ4v) is 2.70. The lowest BCUT2D eigenvalue weighted by molar-refractivity contribution is 0.306. The third-order valence-corrected chi connectivity index (χ3v) is 3.92. The highest BCUT2D eigenvalue weighted by Crippen LogP contribution is 2.28. The molecule has 2 aromatic heterocycles. The van der Waals surface area contributed by atoms with Crippen LogP contribution in [-0.4, -0.2) is 14.8 Å². The van der Waals surface area contributed by atoms with Gasteiger partial charge in [-0.25, -0.2) is 9.89 Å². The molecule has 0 fully saturated rings. The fraction of sp³-hybridized carbons (Fsp3) is 0.111. The first-order valence-electron chi connectivity index (χ1n) is 7.53. The van der Waals surface area contributed by atoms with Crippen LogP contribution in [0.5, 0.6) is 5.75 Å². The van der Waals surface area contributed by atoms with Crippen molar-refractivity contribution in [2.24, 2.45) is 7.05 Å². The summed E-state index contributed by atoms with van der Waals surface area (Å²) in [6, 6.07) is 17.8. The highest BCUT2D eigenvalue weighted by molar-refractivity contribution is 5.86. The molecule has 0 radical (unpaired) electrons. The van der Waals surface area contributed by atoms with Crippen molar-refractivity contribution in [1.82, 2.24) is 14.8 Å². The summed E-state index contributed by atoms with van der Waals surface area (Å²) in [5, 5.41) is 7.15. The standard InChI is InChI=1S/C18H15N3O3/c1-21-15-8-7-14(23-11-12-5-3-2-4-6-12)9-13(15)10-16(21)17-19-20-18(22)24-17/h2-10H,11H2,1H3,(H,20,22). The number of hydrogen-bond acceptors (Lipinski definition) is 4. The average molecular weight is 321 g/mol. The molecule has 0 atom stereocenters. The molecular weight excluding hydrogens is 306 g/mol. The molecule has 24 heavy (non-hydrogen) atoms. The van der Waals surface area contributed by atoms with E-state index >= 15 is 0 Å². The highest BCUT2D eigenvalue weighted by atomic mass is 16.5. The number of hydrogen-bond donors (Lipinski definition) is 1. The van der Waals surface area contributed by atoms with Gasteiger partial charge in [-0.3, -0.25) is 0 Å². The molecule has 120 valence electrons. The summed E-state index contributed by atoms with van der Waals surface area (Å²) in [4.78, 5) is 11.2. The summed E-state index contributed by atoms with van der Waals surface area (Å²) in [5.74, 6) is 0.486. The lowest BCUT2D eigenvalue weighted by atomic mass is 10.2. The van der Waals surface area contributed by atoms with Crippen molar-refractivity contribution < 1.29 is 9.15 Å². The molecule has 0 saturated carbocycles. The van der Waals surface area contributed by atoms with Gasteiger partial charge in [0, 0.05) is 18.0 Å². The minimum absolute atomic E-state index is 0.269. The Kier molecular flexibility index (Phi) is 3.42. The largest absolute Gasteiger partial charge is 0.489 e. The molecule has 0 aliphatic carbocycles. The quantitative estimate of drug-likeness (QED) is 0.627. The van der Waals surface area contributed by atoms with E-state index < -0.39 is 5.76 Å². The van der Waals surface area contributed by atoms with Gasteiger partial charge < -0.3 is 13.7 Å². The van der Waals surface area contributed by atoms with Gasteiger partial charge in [0.1, 0.15) is 18.1 Å². The van der Waals surface area contributed by atoms with Gasteiger partial charge in [0.25, 0.3) is 5.89 Å². The number of ether oxygens (including phenoxy) is 1. The Balaban J connectivity index is 1.64. The van der Waals surface area contributed by atoms with Crippen molar-refractivity contribution >= 4 is 10.9 Å². The van der Waals surface area contributed by atoms with E-state index in [1.165, 1.54) is 0 Å². The minimum Gasteiger partial charge on any atom is -0.489 e. The third kappa shape index (κ3) is 2.58. The van der Waals surface area contributed by atoms with Crippen LogP contribution in [0.15, 0.2) is 63.8 Å². The summed E-state index contributed by atoms with van der Waals surface area (Å²) in [7, 11) is 1.90. The van der Waals surface area contributed by atoms with Gasteiger partial charge in [0.2, 0.25) is 0 Å². The Hall–Kier alpha value is -3.28. The van der Waals surface area contributed by atoms with E-state index in [0.29, 0.717) is 6.61 Å². The SMILES string of the molecule is Cn1c(-c2n[nH]c(=O)o2)cc2cc(OCc3ccccc3)ccc21. The first-order chi connectivity index (χ1) is 11.7. The highest BCUT2D eigenvalue weighted by Gasteiger charge is 2.13. The van der Waals surface area contributed by atoms with Crippen LogP contribution in [0.3, 0.4) is 0 Å². The van der Waals surface area contributed by atoms with Gasteiger partial charge >= 0.3 is 5.76 Å². The maximum atomic E-state index is 11.2. The molecular formula is C18H15N3O3. The van der Waals surface area contributed by atoms with E-state index in [4.69, 9.17) is 9.15 Å². The maximum Gasteiger partial charge on any atom is 0.434 e. The zero-order chi connectivity index (χ0) is 16.5. The van der Waals surface area contributed by atoms with E-state index in [1.54, 1.807) is 0 Å². The van der Waals surface area contributed by atoms with Crippen LogP contribution in [0.25, 0.3) is 22.5 Å². The van der Waals surface area contributed by atoms with Crippen LogP contribution < -0.4 is 10.5 Å². The molecule has 0 unspecified atom stereocenters. The number of aromatic nitrogens is 3. The molecule has 0 bridgehead atoms. The number of rotatable bonds is 4. The molecule has 0 saturated heterocycles. The number of benzene rings is 2. The number of aromatic amines is 1. The minimum atomic E-state index is -0.567. The first-order valence-corrected chi connectivity index (χ1v) is 7.53. The molecule has 2 heterocycles. The van der Waals surface area contributed by atoms with Crippen molar-refractivity contribution in [2.75, 3.05) is 0 Å². The van der Waals surface area contributed by atoms with Gasteiger partial charge in [0.15, 0.2) is 0 Å². The van der Waals surface area contributed by atoms with Crippen molar-refractivity contribution in [1.29, 1.82) is 0 Å². The van der Waals surface area contributed by atoms with Crippen molar-refractivity contribution in [3.05, 3.63) is 70.7 Å². The lowest BCUT2D eigenvalue weighted by Crippen LogP contribution is -1.95. The van der Waals surface area contributed by atoms with Gasteiger partial charge in [-0.2, -0.15) is 0 Å². The summed E-state index contributed by atoms with van der Waals surface area (Å²) < 4.78 is 12.8. The Morgan fingerprint density at radius 2 is 2.00 bits per heavy atom. The molecule has 4 aromatic rings. The molecule has 6 nitrogen and oxygen atoms in total. The van der Waals surface area contributed by atoms with Gasteiger partial charge in [-0.15, -0.1) is 5.10 Å². The monoisotopic (exact) mass is 321 g/mol. The smallest absolute Gasteiger partial charge is 0.434 e. The van der Waals surface area contributed by atoms with E-state index in [2.05, 4.69) is 10.2 Å². The normalized spacial score (nSPS) is 11.0. The Morgan fingerprint density at radius 3 is 2.75 bits per heavy atom. The van der Waals surface area contributed by atoms with Gasteiger partial charge in [-0.05, 0) is 29.8 Å². The molecule has 0 amide bonds. The second kappa shape index (κ2) is 5.73. The van der Waals surface area contributed by atoms with Crippen LogP contribution in [0.4, 0.5) is 0 Å². The molecule has 2 aromatic carbocycles. The molecule has 6 heteroatoms. The molecule has 0 spiro atoms. The van der Waals surface area contributed by atoms with Crippen LogP contribution in [0, 0.1) is 0 Å². The second-order valence-electron chi connectivity index (χ2n) is 5.50. The maximum absolute atomic E-state index is 11.2. The van der Waals surface area contributed by atoms with E-state index in [1.807, 2.05) is 66.2 Å². The van der Waals surface area contributed by atoms with E-state index in [-0.39, 0.29) is 5.89 Å². The van der Waals surface area contributed by atoms with E-state index in [0.717, 1.165) is 27.9 Å². The van der Waals surface area contributed by atoms with Crippen molar-refractivity contribution in [3.8, 4) is 17.3 Å². The average Bonchev–Trinajstić information content (AvgIpc) is 3.17. The summed E-state index contributed by atoms with van der Waals surface area (Å²) in [6.45, 7) is 0.514. The second-order valence-corrected chi connectivity index (χ2v) is 5.50. The van der Waals surface area contributed by atoms with Crippen LogP contribution >= 0.6 is 0 Å². The van der Waals surface area contributed by atoms with Gasteiger partial charge in [-0.1, -0.05) is 30.3 Å². The molecule has 0 aliphatic heterocycles. The zero-order valence-electron chi connectivity index (χ0n) is 13.0. The predicted molar refractivity (Wildman–Crippen MR) is 89.8 cm³/mol. The van der Waals surface area contributed by atoms with Gasteiger partial charge in [0.05, 0.1) is 0 Å². The summed E-state index contributed by atoms with van der Waals surface area (Å²) in [6.07, 6.45) is 0. The fourth-order valence-electron chi connectivity index (χ4n) is 2.70. The molecule has 1 N–H and O–H groups in total. The Labute approximate surface area is 137 Å². The Morgan fingerprint density at radius 1 is 1.17 bits per heavy atom. The number of nitrogens with zero attached hydrogens (tertiary/aromatic N) is 2. The number of aryl methyl sites for hydroxylation is 1. The molecule has 0 aliphatic rings. The summed E-state index contributed by atoms with van der Waals surface area (Å²) in [5.41, 5.74) is 2.84. The first kappa shape index (κ1) is 14.3. The summed E-state index contributed by atoms with van der Waals surface area (Å²) >= 11 is 0. The van der Waals surface area contributed by atoms with E-state index in [9.17, 15) is 4.79 Å². The van der Waals surface area contributed by atoms with Crippen molar-refractivity contribution in [2.45, 2.75) is 6.61 Å². The molecule has 4 rings (SSSR count). The number of fused-ring (bicyclic) bond motifs is 1. The topological polar surface area (TPSA) is 73.0 Å². The van der Waals surface area contributed by atoms with Crippen LogP contribution in [-0.2, 0) is 13.7 Å². The van der Waals surface area contributed by atoms with Crippen LogP contribution in [0.2, 0.25) is 0 Å². The number of nitrogens with one attached hydrogen (secondary N) is 1. The third-order valence-electron chi connectivity index (χ3n) is 3.92. The predicted octanol–water partition coefficient (Wildman–Crippen LogP) is 3.10. The van der Waals surface area contributed by atoms with Crippen molar-refractivity contribution in [3.63, 3.8) is 0 Å². The lowest BCUT2D eigenvalue weighted by Gasteiger charge is -2.06. The van der Waals surface area contributed by atoms with Crippen LogP contribution in [0.1, 0.15) is 5.56 Å². The Bertz CT molecular complexity index is 1040. The zero-order valence-corrected chi connectivity index (χ0v) is 13.0. The number of H-pyrrole nitrogens is 1.